The second-order valence-electron chi connectivity index (χ2n) is 3.29. The third-order valence-corrected chi connectivity index (χ3v) is 3.85. The molecule has 0 saturated heterocycles. The first-order valence-corrected chi connectivity index (χ1v) is 5.96. The van der Waals surface area contributed by atoms with Gasteiger partial charge in [0.15, 0.2) is 0 Å². The Balaban J connectivity index is 2.64. The van der Waals surface area contributed by atoms with Crippen molar-refractivity contribution in [3.8, 4) is 0 Å². The molecular formula is C11H12ClNS. The summed E-state index contributed by atoms with van der Waals surface area (Å²) in [5.41, 5.74) is 7.70. The lowest BCUT2D eigenvalue weighted by Crippen LogP contribution is -1.90. The van der Waals surface area contributed by atoms with Crippen LogP contribution in [0.1, 0.15) is 17.4 Å². The molecule has 0 aliphatic rings. The maximum absolute atomic E-state index is 5.87. The summed E-state index contributed by atoms with van der Waals surface area (Å²) in [7, 11) is 0. The van der Waals surface area contributed by atoms with Crippen molar-refractivity contribution in [3.63, 3.8) is 0 Å². The molecule has 2 aromatic rings. The Morgan fingerprint density at radius 3 is 2.79 bits per heavy atom. The molecule has 2 N–H and O–H groups in total. The molecule has 0 aliphatic heterocycles. The number of hydrogen-bond donors (Lipinski definition) is 1. The maximum atomic E-state index is 5.87. The second-order valence-corrected chi connectivity index (χ2v) is 4.72. The highest BCUT2D eigenvalue weighted by molar-refractivity contribution is 7.19. The Labute approximate surface area is 92.5 Å². The molecule has 74 valence electrons. The first-order valence-electron chi connectivity index (χ1n) is 4.61. The Hall–Kier alpha value is -0.730. The zero-order valence-corrected chi connectivity index (χ0v) is 9.58. The summed E-state index contributed by atoms with van der Waals surface area (Å²) in [6.45, 7) is 2.16. The van der Waals surface area contributed by atoms with Crippen molar-refractivity contribution in [1.82, 2.24) is 0 Å². The van der Waals surface area contributed by atoms with Crippen LogP contribution in [0, 0.1) is 0 Å². The van der Waals surface area contributed by atoms with E-state index in [1.165, 1.54) is 15.0 Å². The van der Waals surface area contributed by atoms with E-state index < -0.39 is 0 Å². The number of thiophene rings is 1. The molecule has 3 heteroatoms. The van der Waals surface area contributed by atoms with E-state index in [4.69, 9.17) is 17.3 Å². The van der Waals surface area contributed by atoms with E-state index in [2.05, 4.69) is 19.1 Å². The normalized spacial score (nSPS) is 11.0. The van der Waals surface area contributed by atoms with E-state index in [1.807, 2.05) is 17.4 Å². The topological polar surface area (TPSA) is 26.0 Å². The molecule has 0 fully saturated rings. The number of fused-ring (bicyclic) bond motifs is 1. The lowest BCUT2D eigenvalue weighted by molar-refractivity contribution is 1.19. The highest BCUT2D eigenvalue weighted by atomic mass is 35.5. The largest absolute Gasteiger partial charge is 0.398 e. The van der Waals surface area contributed by atoms with Gasteiger partial charge in [0.05, 0.1) is 0 Å². The van der Waals surface area contributed by atoms with Gasteiger partial charge in [-0.3, -0.25) is 0 Å². The standard InChI is InChI=1S/C11H12ClNS/c1-2-9-3-7-4-10(13)8(6-12)5-11(7)14-9/h3-5H,2,6,13H2,1H3. The summed E-state index contributed by atoms with van der Waals surface area (Å²) in [5.74, 6) is 0.487. The van der Waals surface area contributed by atoms with Crippen LogP contribution >= 0.6 is 22.9 Å². The quantitative estimate of drug-likeness (QED) is 0.611. The molecule has 0 aliphatic carbocycles. The average molecular weight is 226 g/mol. The van der Waals surface area contributed by atoms with Crippen LogP contribution in [0.2, 0.25) is 0 Å². The van der Waals surface area contributed by atoms with Gasteiger partial charge in [0.1, 0.15) is 0 Å². The van der Waals surface area contributed by atoms with E-state index in [0.29, 0.717) is 5.88 Å². The Kier molecular flexibility index (Phi) is 2.66. The minimum atomic E-state index is 0.487. The van der Waals surface area contributed by atoms with E-state index in [-0.39, 0.29) is 0 Å². The number of nitrogens with two attached hydrogens (primary N) is 1. The molecule has 0 atom stereocenters. The van der Waals surface area contributed by atoms with Gasteiger partial charge >= 0.3 is 0 Å². The van der Waals surface area contributed by atoms with Gasteiger partial charge in [0, 0.05) is 21.1 Å². The van der Waals surface area contributed by atoms with Crippen LogP contribution in [-0.4, -0.2) is 0 Å². The summed E-state index contributed by atoms with van der Waals surface area (Å²) < 4.78 is 1.28. The summed E-state index contributed by atoms with van der Waals surface area (Å²) in [6, 6.07) is 6.32. The highest BCUT2D eigenvalue weighted by Crippen LogP contribution is 2.30. The van der Waals surface area contributed by atoms with Gasteiger partial charge in [-0.25, -0.2) is 0 Å². The van der Waals surface area contributed by atoms with E-state index in [0.717, 1.165) is 17.7 Å². The zero-order chi connectivity index (χ0) is 10.1. The number of aryl methyl sites for hydroxylation is 1. The number of anilines is 1. The second kappa shape index (κ2) is 3.79. The number of rotatable bonds is 2. The molecule has 0 spiro atoms. The van der Waals surface area contributed by atoms with Gasteiger partial charge in [-0.2, -0.15) is 0 Å². The SMILES string of the molecule is CCc1cc2cc(N)c(CCl)cc2s1. The molecule has 14 heavy (non-hydrogen) atoms. The molecule has 0 unspecified atom stereocenters. The van der Waals surface area contributed by atoms with Gasteiger partial charge in [-0.15, -0.1) is 22.9 Å². The summed E-state index contributed by atoms with van der Waals surface area (Å²) in [6.07, 6.45) is 1.08. The first-order chi connectivity index (χ1) is 6.74. The molecular weight excluding hydrogens is 214 g/mol. The van der Waals surface area contributed by atoms with Gasteiger partial charge in [-0.1, -0.05) is 6.92 Å². The van der Waals surface area contributed by atoms with Crippen LogP contribution in [0.4, 0.5) is 5.69 Å². The molecule has 1 aromatic carbocycles. The third kappa shape index (κ3) is 1.60. The first kappa shape index (κ1) is 9.81. The molecule has 0 saturated carbocycles. The van der Waals surface area contributed by atoms with Crippen molar-refractivity contribution in [3.05, 3.63) is 28.6 Å². The summed E-state index contributed by atoms with van der Waals surface area (Å²) in [4.78, 5) is 1.39. The molecule has 2 rings (SSSR count). The third-order valence-electron chi connectivity index (χ3n) is 2.32. The van der Waals surface area contributed by atoms with Gasteiger partial charge in [0.25, 0.3) is 0 Å². The Morgan fingerprint density at radius 2 is 2.14 bits per heavy atom. The fourth-order valence-electron chi connectivity index (χ4n) is 1.49. The van der Waals surface area contributed by atoms with Gasteiger partial charge < -0.3 is 5.73 Å². The van der Waals surface area contributed by atoms with Crippen LogP contribution < -0.4 is 5.73 Å². The Bertz CT molecular complexity index is 462. The number of benzene rings is 1. The van der Waals surface area contributed by atoms with Crippen molar-refractivity contribution >= 4 is 38.7 Å². The van der Waals surface area contributed by atoms with E-state index in [1.54, 1.807) is 0 Å². The molecule has 0 bridgehead atoms. The summed E-state index contributed by atoms with van der Waals surface area (Å²) >= 11 is 7.62. The van der Waals surface area contributed by atoms with Crippen molar-refractivity contribution in [1.29, 1.82) is 0 Å². The average Bonchev–Trinajstić information content (AvgIpc) is 2.58. The van der Waals surface area contributed by atoms with Crippen molar-refractivity contribution < 1.29 is 0 Å². The fourth-order valence-corrected chi connectivity index (χ4v) is 2.77. The molecule has 0 radical (unpaired) electrons. The lowest BCUT2D eigenvalue weighted by Gasteiger charge is -2.00. The van der Waals surface area contributed by atoms with Crippen LogP contribution in [0.25, 0.3) is 10.1 Å². The van der Waals surface area contributed by atoms with Crippen LogP contribution in [-0.2, 0) is 12.3 Å². The lowest BCUT2D eigenvalue weighted by atomic mass is 10.1. The van der Waals surface area contributed by atoms with Crippen LogP contribution in [0.3, 0.4) is 0 Å². The predicted molar refractivity (Wildman–Crippen MR) is 65.2 cm³/mol. The van der Waals surface area contributed by atoms with Crippen LogP contribution in [0.5, 0.6) is 0 Å². The maximum Gasteiger partial charge on any atom is 0.0494 e. The number of halogens is 1. The monoisotopic (exact) mass is 225 g/mol. The number of nitrogen functional groups attached to an aromatic ring is 1. The molecule has 0 amide bonds. The summed E-state index contributed by atoms with van der Waals surface area (Å²) in [5, 5.41) is 1.23. The predicted octanol–water partition coefficient (Wildman–Crippen LogP) is 3.78. The highest BCUT2D eigenvalue weighted by Gasteiger charge is 2.04. The van der Waals surface area contributed by atoms with Gasteiger partial charge in [0.2, 0.25) is 0 Å². The number of alkyl halides is 1. The van der Waals surface area contributed by atoms with Crippen LogP contribution in [0.15, 0.2) is 18.2 Å². The Morgan fingerprint density at radius 1 is 1.36 bits per heavy atom. The smallest absolute Gasteiger partial charge is 0.0494 e. The van der Waals surface area contributed by atoms with Crippen molar-refractivity contribution in [2.45, 2.75) is 19.2 Å². The minimum absolute atomic E-state index is 0.487. The van der Waals surface area contributed by atoms with Crippen molar-refractivity contribution in [2.24, 2.45) is 0 Å². The molecule has 1 nitrogen and oxygen atoms in total. The molecule has 1 heterocycles. The zero-order valence-electron chi connectivity index (χ0n) is 8.01. The minimum Gasteiger partial charge on any atom is -0.398 e. The van der Waals surface area contributed by atoms with E-state index in [9.17, 15) is 0 Å². The fraction of sp³-hybridized carbons (Fsp3) is 0.273. The number of hydrogen-bond acceptors (Lipinski definition) is 2. The van der Waals surface area contributed by atoms with E-state index >= 15 is 0 Å². The molecule has 1 aromatic heterocycles. The van der Waals surface area contributed by atoms with Crippen molar-refractivity contribution in [2.75, 3.05) is 5.73 Å². The van der Waals surface area contributed by atoms with Gasteiger partial charge in [-0.05, 0) is 35.6 Å².